The average Bonchev–Trinajstić information content (AvgIpc) is 2.86. The van der Waals surface area contributed by atoms with Gasteiger partial charge in [0.2, 0.25) is 0 Å². The lowest BCUT2D eigenvalue weighted by atomic mass is 10.1. The molecule has 0 saturated carbocycles. The zero-order valence-electron chi connectivity index (χ0n) is 21.5. The van der Waals surface area contributed by atoms with Gasteiger partial charge in [0.25, 0.3) is 11.5 Å². The molecule has 12 heteroatoms. The Bertz CT molecular complexity index is 1540. The maximum Gasteiger partial charge on any atom is 0.255 e. The molecule has 4 aromatic rings. The number of rotatable bonds is 7. The number of ether oxygens (including phenoxy) is 1. The van der Waals surface area contributed by atoms with Crippen molar-refractivity contribution in [1.29, 1.82) is 0 Å². The lowest BCUT2D eigenvalue weighted by Gasteiger charge is -2.17. The maximum atomic E-state index is 13.3. The molecule has 4 rings (SSSR count). The van der Waals surface area contributed by atoms with E-state index < -0.39 is 18.7 Å². The summed E-state index contributed by atoms with van der Waals surface area (Å²) in [6.07, 6.45) is 4.54. The summed E-state index contributed by atoms with van der Waals surface area (Å²) in [5.41, 5.74) is 0.559. The molecule has 0 aliphatic heterocycles. The van der Waals surface area contributed by atoms with Crippen LogP contribution in [0, 0.1) is 5.82 Å². The molecule has 0 bridgehead atoms. The fraction of sp³-hybridized carbons (Fsp3) is 0.130. The summed E-state index contributed by atoms with van der Waals surface area (Å²) in [5, 5.41) is 7.87. The molecular formula is C23H21FN8O3. The Kier molecular flexibility index (Phi) is 5.57. The Hall–Kier alpha value is -4.87. The minimum absolute atomic E-state index is 0.0888. The monoisotopic (exact) mass is 479 g/mol. The van der Waals surface area contributed by atoms with Crippen molar-refractivity contribution < 1.29 is 18.0 Å². The summed E-state index contributed by atoms with van der Waals surface area (Å²) in [5.74, 6) is -0.624. The predicted octanol–water partition coefficient (Wildman–Crippen LogP) is 2.63. The van der Waals surface area contributed by atoms with Crippen molar-refractivity contribution in [2.24, 2.45) is 7.05 Å². The number of pyridine rings is 1. The number of aryl methyl sites for hydroxylation is 1. The highest BCUT2D eigenvalue weighted by molar-refractivity contribution is 6.00. The molecule has 0 aliphatic rings. The first-order chi connectivity index (χ1) is 18.0. The maximum absolute atomic E-state index is 13.3. The summed E-state index contributed by atoms with van der Waals surface area (Å²) >= 11 is 0. The van der Waals surface area contributed by atoms with Crippen molar-refractivity contribution in [1.82, 2.24) is 29.8 Å². The van der Waals surface area contributed by atoms with Crippen molar-refractivity contribution in [3.63, 3.8) is 0 Å². The Morgan fingerprint density at radius 3 is 2.54 bits per heavy atom. The Balaban J connectivity index is 1.76. The van der Waals surface area contributed by atoms with Gasteiger partial charge in [-0.25, -0.2) is 24.3 Å². The van der Waals surface area contributed by atoms with Crippen LogP contribution in [0.3, 0.4) is 0 Å². The average molecular weight is 479 g/mol. The number of methoxy groups -OCH3 is 1. The van der Waals surface area contributed by atoms with Gasteiger partial charge in [-0.1, -0.05) is 6.07 Å². The number of aromatic nitrogens is 5. The molecule has 3 heterocycles. The normalized spacial score (nSPS) is 12.1. The second-order valence-electron chi connectivity index (χ2n) is 7.15. The highest BCUT2D eigenvalue weighted by Gasteiger charge is 2.17. The molecule has 1 aromatic carbocycles. The van der Waals surface area contributed by atoms with Crippen LogP contribution in [0.5, 0.6) is 5.75 Å². The van der Waals surface area contributed by atoms with Crippen molar-refractivity contribution >= 4 is 28.9 Å². The van der Waals surface area contributed by atoms with Crippen LogP contribution in [0.4, 0.5) is 27.4 Å². The number of benzene rings is 1. The molecule has 35 heavy (non-hydrogen) atoms. The van der Waals surface area contributed by atoms with Crippen LogP contribution in [0.25, 0.3) is 11.4 Å². The van der Waals surface area contributed by atoms with E-state index in [-0.39, 0.29) is 40.0 Å². The van der Waals surface area contributed by atoms with Crippen LogP contribution in [0.15, 0.2) is 60.0 Å². The van der Waals surface area contributed by atoms with E-state index >= 15 is 0 Å². The van der Waals surface area contributed by atoms with Gasteiger partial charge >= 0.3 is 0 Å². The summed E-state index contributed by atoms with van der Waals surface area (Å²) in [6, 6.07) is 7.68. The number of anilines is 4. The molecule has 0 atom stereocenters. The molecule has 1 amide bonds. The fourth-order valence-corrected chi connectivity index (χ4v) is 3.16. The van der Waals surface area contributed by atoms with Gasteiger partial charge in [0.15, 0.2) is 17.4 Å². The van der Waals surface area contributed by atoms with Crippen LogP contribution in [0.1, 0.15) is 14.5 Å². The van der Waals surface area contributed by atoms with E-state index in [2.05, 4.69) is 30.6 Å². The van der Waals surface area contributed by atoms with Gasteiger partial charge in [0.1, 0.15) is 11.6 Å². The van der Waals surface area contributed by atoms with E-state index in [0.717, 1.165) is 12.4 Å². The Morgan fingerprint density at radius 1 is 1.06 bits per heavy atom. The van der Waals surface area contributed by atoms with Crippen LogP contribution < -0.4 is 26.2 Å². The Morgan fingerprint density at radius 2 is 1.83 bits per heavy atom. The number of carbonyl (C=O) groups excluding carboxylic acids is 1. The first-order valence-corrected chi connectivity index (χ1v) is 10.1. The number of amides is 1. The molecule has 0 saturated heterocycles. The molecule has 0 spiro atoms. The molecular weight excluding hydrogens is 455 g/mol. The van der Waals surface area contributed by atoms with Gasteiger partial charge in [-0.05, 0) is 12.1 Å². The number of halogens is 1. The van der Waals surface area contributed by atoms with E-state index in [1.54, 1.807) is 25.2 Å². The van der Waals surface area contributed by atoms with Gasteiger partial charge in [-0.15, -0.1) is 0 Å². The second kappa shape index (κ2) is 9.95. The third-order valence-corrected chi connectivity index (χ3v) is 4.85. The van der Waals surface area contributed by atoms with Crippen molar-refractivity contribution in [3.8, 4) is 17.1 Å². The topological polar surface area (TPSA) is 136 Å². The van der Waals surface area contributed by atoms with E-state index in [1.165, 1.54) is 36.3 Å². The van der Waals surface area contributed by atoms with Gasteiger partial charge in [0.05, 0.1) is 48.3 Å². The number of nitrogens with zero attached hydrogens (tertiary/aromatic N) is 5. The standard InChI is InChI=1S/C23H21FN8O3/c1-25-23(34)15-11-26-18(31-19-8-20(33)32(2)12-29-19)7-17(15)30-16-6-4-5-14(21(16)35-3)22-27-9-13(24)10-28-22/h4-12H,1-3H3,(H,25,34)(H2,26,30,31)/i1D3. The SMILES string of the molecule is [2H]C([2H])([2H])NC(=O)c1cnc(Nc2cc(=O)n(C)cn2)cc1Nc1cccc(-c2ncc(F)cn2)c1OC. The minimum atomic E-state index is -2.74. The zero-order chi connectivity index (χ0) is 27.4. The molecule has 3 aromatic heterocycles. The summed E-state index contributed by atoms with van der Waals surface area (Å²) in [7, 11) is 2.97. The van der Waals surface area contributed by atoms with E-state index in [0.29, 0.717) is 11.3 Å². The van der Waals surface area contributed by atoms with Crippen LogP contribution in [0.2, 0.25) is 0 Å². The summed E-state index contributed by atoms with van der Waals surface area (Å²) < 4.78 is 42.3. The quantitative estimate of drug-likeness (QED) is 0.365. The van der Waals surface area contributed by atoms with Crippen molar-refractivity contribution in [2.45, 2.75) is 0 Å². The van der Waals surface area contributed by atoms with Gasteiger partial charge in [-0.2, -0.15) is 0 Å². The predicted molar refractivity (Wildman–Crippen MR) is 128 cm³/mol. The first kappa shape index (κ1) is 19.6. The lowest BCUT2D eigenvalue weighted by Crippen LogP contribution is -2.20. The third kappa shape index (κ3) is 5.05. The first-order valence-electron chi connectivity index (χ1n) is 11.6. The minimum Gasteiger partial charge on any atom is -0.494 e. The van der Waals surface area contributed by atoms with Crippen LogP contribution in [-0.2, 0) is 7.05 Å². The number of hydrogen-bond donors (Lipinski definition) is 3. The zero-order valence-corrected chi connectivity index (χ0v) is 18.5. The molecule has 178 valence electrons. The van der Waals surface area contributed by atoms with Crippen LogP contribution in [-0.4, -0.2) is 44.5 Å². The smallest absolute Gasteiger partial charge is 0.255 e. The molecule has 0 fully saturated rings. The number of nitrogens with one attached hydrogen (secondary N) is 3. The van der Waals surface area contributed by atoms with Crippen LogP contribution >= 0.6 is 0 Å². The van der Waals surface area contributed by atoms with Crippen molar-refractivity contribution in [2.75, 3.05) is 24.7 Å². The van der Waals surface area contributed by atoms with E-state index in [9.17, 15) is 14.0 Å². The van der Waals surface area contributed by atoms with Gasteiger partial charge in [-0.3, -0.25) is 9.59 Å². The highest BCUT2D eigenvalue weighted by Crippen LogP contribution is 2.37. The number of carbonyl (C=O) groups is 1. The van der Waals surface area contributed by atoms with Gasteiger partial charge in [0, 0.05) is 36.5 Å². The molecule has 0 unspecified atom stereocenters. The summed E-state index contributed by atoms with van der Waals surface area (Å²) in [6.45, 7) is -2.74. The van der Waals surface area contributed by atoms with Crippen molar-refractivity contribution in [3.05, 3.63) is 77.0 Å². The second-order valence-corrected chi connectivity index (χ2v) is 7.15. The van der Waals surface area contributed by atoms with E-state index in [4.69, 9.17) is 8.85 Å². The number of para-hydroxylation sites is 1. The molecule has 0 aliphatic carbocycles. The lowest BCUT2D eigenvalue weighted by molar-refractivity contribution is 0.0963. The molecule has 11 nitrogen and oxygen atoms in total. The molecule has 0 radical (unpaired) electrons. The van der Waals surface area contributed by atoms with Gasteiger partial charge < -0.3 is 25.3 Å². The Labute approximate surface area is 203 Å². The highest BCUT2D eigenvalue weighted by atomic mass is 19.1. The fourth-order valence-electron chi connectivity index (χ4n) is 3.16. The third-order valence-electron chi connectivity index (χ3n) is 4.85. The molecule has 3 N–H and O–H groups in total. The summed E-state index contributed by atoms with van der Waals surface area (Å²) in [4.78, 5) is 41.0. The van der Waals surface area contributed by atoms with E-state index in [1.807, 2.05) is 5.32 Å². The number of hydrogen-bond acceptors (Lipinski definition) is 9. The largest absolute Gasteiger partial charge is 0.494 e.